The number of hydrogen-bond donors (Lipinski definition) is 1. The summed E-state index contributed by atoms with van der Waals surface area (Å²) in [5.41, 5.74) is 6.54. The highest BCUT2D eigenvalue weighted by molar-refractivity contribution is 5.84. The van der Waals surface area contributed by atoms with E-state index in [-0.39, 0.29) is 5.82 Å². The molecule has 2 heteroatoms. The van der Waals surface area contributed by atoms with Gasteiger partial charge in [0.05, 0.1) is 0 Å². The average Bonchev–Trinajstić information content (AvgIpc) is 3.06. The van der Waals surface area contributed by atoms with E-state index in [0.29, 0.717) is 5.92 Å². The Morgan fingerprint density at radius 2 is 1.67 bits per heavy atom. The predicted molar refractivity (Wildman–Crippen MR) is 114 cm³/mol. The van der Waals surface area contributed by atoms with E-state index in [0.717, 1.165) is 12.8 Å². The smallest absolute Gasteiger partial charge is 0.123 e. The van der Waals surface area contributed by atoms with Crippen molar-refractivity contribution in [3.8, 4) is 0 Å². The molecule has 1 atom stereocenters. The second kappa shape index (κ2) is 9.21. The summed E-state index contributed by atoms with van der Waals surface area (Å²) in [6, 6.07) is 13.9. The third-order valence-corrected chi connectivity index (χ3v) is 5.64. The van der Waals surface area contributed by atoms with Crippen LogP contribution in [0.5, 0.6) is 0 Å². The Morgan fingerprint density at radius 1 is 0.926 bits per heavy atom. The Balaban J connectivity index is 1.72. The van der Waals surface area contributed by atoms with Gasteiger partial charge in [-0.15, -0.1) is 0 Å². The Bertz CT molecular complexity index is 860. The zero-order valence-corrected chi connectivity index (χ0v) is 16.9. The molecule has 0 amide bonds. The number of fused-ring (bicyclic) bond motifs is 1. The van der Waals surface area contributed by atoms with Crippen LogP contribution in [0.3, 0.4) is 0 Å². The highest BCUT2D eigenvalue weighted by atomic mass is 19.1. The maximum Gasteiger partial charge on any atom is 0.123 e. The number of rotatable bonds is 9. The second-order valence-electron chi connectivity index (χ2n) is 7.98. The van der Waals surface area contributed by atoms with Crippen molar-refractivity contribution in [2.24, 2.45) is 0 Å². The molecule has 0 aliphatic carbocycles. The molecule has 1 heterocycles. The number of aryl methyl sites for hydroxylation is 3. The normalized spacial score (nSPS) is 12.6. The van der Waals surface area contributed by atoms with Gasteiger partial charge >= 0.3 is 0 Å². The number of halogens is 1. The summed E-state index contributed by atoms with van der Waals surface area (Å²) in [4.78, 5) is 3.71. The number of unbranched alkanes of at least 4 members (excludes halogenated alkanes) is 2. The number of benzene rings is 2. The van der Waals surface area contributed by atoms with Gasteiger partial charge in [-0.3, -0.25) is 0 Å². The molecule has 0 aliphatic rings. The van der Waals surface area contributed by atoms with Crippen LogP contribution in [0, 0.1) is 19.7 Å². The van der Waals surface area contributed by atoms with Crippen LogP contribution in [0.2, 0.25) is 0 Å². The highest BCUT2D eigenvalue weighted by Crippen LogP contribution is 2.31. The third kappa shape index (κ3) is 5.22. The van der Waals surface area contributed by atoms with E-state index in [1.54, 1.807) is 12.1 Å². The van der Waals surface area contributed by atoms with Gasteiger partial charge in [-0.05, 0) is 86.4 Å². The molecule has 0 radical (unpaired) electrons. The number of aromatic nitrogens is 1. The van der Waals surface area contributed by atoms with Gasteiger partial charge in [-0.25, -0.2) is 4.39 Å². The second-order valence-corrected chi connectivity index (χ2v) is 7.98. The fourth-order valence-electron chi connectivity index (χ4n) is 4.14. The summed E-state index contributed by atoms with van der Waals surface area (Å²) in [5, 5.41) is 1.36. The quantitative estimate of drug-likeness (QED) is 0.376. The van der Waals surface area contributed by atoms with Crippen molar-refractivity contribution < 1.29 is 4.39 Å². The standard InChI is InChI=1S/C25H32FN/c1-4-5-6-9-21(10-7-8-20-11-13-22(26)14-12-20)24-17-23-19(3)15-18(2)16-25(23)27-24/h11-17,21,27H,4-10H2,1-3H3. The topological polar surface area (TPSA) is 15.8 Å². The lowest BCUT2D eigenvalue weighted by atomic mass is 9.91. The van der Waals surface area contributed by atoms with Crippen molar-refractivity contribution in [3.05, 3.63) is 70.7 Å². The maximum absolute atomic E-state index is 13.1. The third-order valence-electron chi connectivity index (χ3n) is 5.64. The number of hydrogen-bond acceptors (Lipinski definition) is 0. The van der Waals surface area contributed by atoms with Gasteiger partial charge in [0.15, 0.2) is 0 Å². The molecule has 1 nitrogen and oxygen atoms in total. The number of H-pyrrole nitrogens is 1. The molecule has 144 valence electrons. The average molecular weight is 366 g/mol. The summed E-state index contributed by atoms with van der Waals surface area (Å²) >= 11 is 0. The van der Waals surface area contributed by atoms with Gasteiger partial charge in [-0.2, -0.15) is 0 Å². The van der Waals surface area contributed by atoms with E-state index < -0.39 is 0 Å². The van der Waals surface area contributed by atoms with E-state index in [2.05, 4.69) is 44.0 Å². The van der Waals surface area contributed by atoms with Crippen LogP contribution < -0.4 is 0 Å². The Kier molecular flexibility index (Phi) is 6.71. The first-order valence-electron chi connectivity index (χ1n) is 10.4. The van der Waals surface area contributed by atoms with Crippen LogP contribution in [0.25, 0.3) is 10.9 Å². The summed E-state index contributed by atoms with van der Waals surface area (Å²) < 4.78 is 13.1. The van der Waals surface area contributed by atoms with Crippen LogP contribution in [0.1, 0.15) is 73.8 Å². The molecule has 0 aliphatic heterocycles. The van der Waals surface area contributed by atoms with E-state index in [1.807, 2.05) is 12.1 Å². The monoisotopic (exact) mass is 365 g/mol. The Labute approximate surface area is 163 Å². The number of aromatic amines is 1. The molecule has 0 fully saturated rings. The molecule has 0 spiro atoms. The largest absolute Gasteiger partial charge is 0.358 e. The molecule has 27 heavy (non-hydrogen) atoms. The lowest BCUT2D eigenvalue weighted by Gasteiger charge is -2.16. The first-order valence-corrected chi connectivity index (χ1v) is 10.4. The van der Waals surface area contributed by atoms with Crippen LogP contribution in [-0.4, -0.2) is 4.98 Å². The van der Waals surface area contributed by atoms with E-state index in [1.165, 1.54) is 65.4 Å². The summed E-state index contributed by atoms with van der Waals surface area (Å²) in [7, 11) is 0. The van der Waals surface area contributed by atoms with Gasteiger partial charge in [0.1, 0.15) is 5.82 Å². The van der Waals surface area contributed by atoms with Crippen molar-refractivity contribution in [2.45, 2.75) is 71.6 Å². The Morgan fingerprint density at radius 3 is 2.41 bits per heavy atom. The van der Waals surface area contributed by atoms with Crippen molar-refractivity contribution in [3.63, 3.8) is 0 Å². The van der Waals surface area contributed by atoms with Gasteiger partial charge in [0, 0.05) is 16.6 Å². The van der Waals surface area contributed by atoms with Gasteiger partial charge in [0.25, 0.3) is 0 Å². The molecule has 1 aromatic heterocycles. The molecule has 0 saturated carbocycles. The SMILES string of the molecule is CCCCCC(CCCc1ccc(F)cc1)c1cc2c(C)cc(C)cc2[nH]1. The molecule has 0 bridgehead atoms. The first-order chi connectivity index (χ1) is 13.1. The van der Waals surface area contributed by atoms with Crippen molar-refractivity contribution >= 4 is 10.9 Å². The molecule has 3 aromatic rings. The van der Waals surface area contributed by atoms with Crippen molar-refractivity contribution in [2.75, 3.05) is 0 Å². The van der Waals surface area contributed by atoms with Gasteiger partial charge < -0.3 is 4.98 Å². The Hall–Kier alpha value is -2.09. The molecular formula is C25H32FN. The zero-order valence-electron chi connectivity index (χ0n) is 16.9. The van der Waals surface area contributed by atoms with Gasteiger partial charge in [-0.1, -0.05) is 44.4 Å². The lowest BCUT2D eigenvalue weighted by molar-refractivity contribution is 0.511. The summed E-state index contributed by atoms with van der Waals surface area (Å²) in [6.07, 6.45) is 8.40. The first kappa shape index (κ1) is 19.7. The predicted octanol–water partition coefficient (Wildman–Crippen LogP) is 7.61. The molecule has 3 rings (SSSR count). The number of nitrogens with one attached hydrogen (secondary N) is 1. The fraction of sp³-hybridized carbons (Fsp3) is 0.440. The van der Waals surface area contributed by atoms with Crippen molar-refractivity contribution in [1.82, 2.24) is 4.98 Å². The molecular weight excluding hydrogens is 333 g/mol. The van der Waals surface area contributed by atoms with Gasteiger partial charge in [0.2, 0.25) is 0 Å². The minimum absolute atomic E-state index is 0.153. The fourth-order valence-corrected chi connectivity index (χ4v) is 4.14. The molecule has 1 unspecified atom stereocenters. The van der Waals surface area contributed by atoms with Crippen LogP contribution in [0.15, 0.2) is 42.5 Å². The molecule has 0 saturated heterocycles. The minimum atomic E-state index is -0.153. The maximum atomic E-state index is 13.1. The molecule has 2 aromatic carbocycles. The van der Waals surface area contributed by atoms with E-state index in [9.17, 15) is 4.39 Å². The van der Waals surface area contributed by atoms with Crippen molar-refractivity contribution in [1.29, 1.82) is 0 Å². The zero-order chi connectivity index (χ0) is 19.2. The summed E-state index contributed by atoms with van der Waals surface area (Å²) in [5.74, 6) is 0.420. The van der Waals surface area contributed by atoms with E-state index in [4.69, 9.17) is 0 Å². The van der Waals surface area contributed by atoms with Crippen LogP contribution in [0.4, 0.5) is 4.39 Å². The summed E-state index contributed by atoms with van der Waals surface area (Å²) in [6.45, 7) is 6.63. The van der Waals surface area contributed by atoms with Crippen LogP contribution >= 0.6 is 0 Å². The minimum Gasteiger partial charge on any atom is -0.358 e. The molecule has 1 N–H and O–H groups in total. The van der Waals surface area contributed by atoms with Crippen LogP contribution in [-0.2, 0) is 6.42 Å². The van der Waals surface area contributed by atoms with E-state index >= 15 is 0 Å². The highest BCUT2D eigenvalue weighted by Gasteiger charge is 2.15. The lowest BCUT2D eigenvalue weighted by Crippen LogP contribution is -2.01.